The van der Waals surface area contributed by atoms with E-state index in [1.807, 2.05) is 24.3 Å². The lowest BCUT2D eigenvalue weighted by Gasteiger charge is -2.30. The van der Waals surface area contributed by atoms with Crippen molar-refractivity contribution in [2.45, 2.75) is 38.6 Å². The van der Waals surface area contributed by atoms with Crippen LogP contribution in [0.4, 0.5) is 0 Å². The topological polar surface area (TPSA) is 24.5 Å². The van der Waals surface area contributed by atoms with Gasteiger partial charge < -0.3 is 10.1 Å². The molecule has 1 aromatic carbocycles. The minimum atomic E-state index is 0.665. The van der Waals surface area contributed by atoms with E-state index in [0.29, 0.717) is 6.04 Å². The van der Waals surface area contributed by atoms with E-state index in [4.69, 9.17) is 4.74 Å². The molecule has 2 rings (SSSR count). The minimum Gasteiger partial charge on any atom is -0.492 e. The lowest BCUT2D eigenvalue weighted by atomic mass is 10.0. The normalized spacial score (nSPS) is 18.9. The molecule has 1 saturated heterocycles. The second kappa shape index (κ2) is 9.44. The summed E-state index contributed by atoms with van der Waals surface area (Å²) >= 11 is 3.44. The van der Waals surface area contributed by atoms with Crippen molar-refractivity contribution in [1.29, 1.82) is 0 Å². The fraction of sp³-hybridized carbons (Fsp3) is 0.647. The number of rotatable bonds is 8. The van der Waals surface area contributed by atoms with Crippen LogP contribution >= 0.6 is 15.9 Å². The van der Waals surface area contributed by atoms with E-state index < -0.39 is 0 Å². The Kier molecular flexibility index (Phi) is 7.54. The van der Waals surface area contributed by atoms with Gasteiger partial charge in [0.15, 0.2) is 0 Å². The molecule has 1 unspecified atom stereocenters. The molecule has 0 aliphatic carbocycles. The van der Waals surface area contributed by atoms with Crippen molar-refractivity contribution in [2.24, 2.45) is 0 Å². The summed E-state index contributed by atoms with van der Waals surface area (Å²) in [5, 5.41) is 3.63. The smallest absolute Gasteiger partial charge is 0.119 e. The number of halogens is 1. The molecule has 118 valence electrons. The fourth-order valence-corrected chi connectivity index (χ4v) is 3.09. The number of nitrogens with one attached hydrogen (secondary N) is 1. The number of ether oxygens (including phenoxy) is 1. The lowest BCUT2D eigenvalue weighted by Crippen LogP contribution is -2.45. The first kappa shape index (κ1) is 16.8. The monoisotopic (exact) mass is 354 g/mol. The highest BCUT2D eigenvalue weighted by molar-refractivity contribution is 9.10. The molecule has 0 aromatic heterocycles. The number of hydrogen-bond donors (Lipinski definition) is 1. The van der Waals surface area contributed by atoms with Gasteiger partial charge in [0.1, 0.15) is 12.4 Å². The summed E-state index contributed by atoms with van der Waals surface area (Å²) in [5.41, 5.74) is 0. The Bertz CT molecular complexity index is 390. The van der Waals surface area contributed by atoms with Crippen LogP contribution in [0.2, 0.25) is 0 Å². The summed E-state index contributed by atoms with van der Waals surface area (Å²) in [6, 6.07) is 8.72. The molecule has 1 aromatic rings. The summed E-state index contributed by atoms with van der Waals surface area (Å²) in [7, 11) is 0. The maximum Gasteiger partial charge on any atom is 0.119 e. The molecule has 1 heterocycles. The van der Waals surface area contributed by atoms with Gasteiger partial charge in [0.25, 0.3) is 0 Å². The van der Waals surface area contributed by atoms with Crippen molar-refractivity contribution in [1.82, 2.24) is 10.2 Å². The largest absolute Gasteiger partial charge is 0.492 e. The Balaban J connectivity index is 1.72. The third kappa shape index (κ3) is 6.37. The molecule has 1 N–H and O–H groups in total. The number of hydrogen-bond acceptors (Lipinski definition) is 3. The zero-order valence-electron chi connectivity index (χ0n) is 13.0. The molecule has 0 radical (unpaired) electrons. The van der Waals surface area contributed by atoms with Crippen molar-refractivity contribution in [3.05, 3.63) is 28.7 Å². The van der Waals surface area contributed by atoms with E-state index in [2.05, 4.69) is 33.1 Å². The van der Waals surface area contributed by atoms with E-state index in [9.17, 15) is 0 Å². The van der Waals surface area contributed by atoms with Crippen LogP contribution in [0.3, 0.4) is 0 Å². The van der Waals surface area contributed by atoms with Gasteiger partial charge in [-0.3, -0.25) is 4.90 Å². The van der Waals surface area contributed by atoms with Crippen molar-refractivity contribution in [3.8, 4) is 5.75 Å². The zero-order chi connectivity index (χ0) is 14.9. The van der Waals surface area contributed by atoms with Crippen molar-refractivity contribution >= 4 is 15.9 Å². The average Bonchev–Trinajstić information content (AvgIpc) is 2.50. The number of nitrogens with zero attached hydrogens (tertiary/aromatic N) is 1. The molecule has 0 spiro atoms. The Morgan fingerprint density at radius 3 is 2.71 bits per heavy atom. The maximum atomic E-state index is 5.84. The molecule has 1 fully saturated rings. The van der Waals surface area contributed by atoms with E-state index in [-0.39, 0.29) is 0 Å². The van der Waals surface area contributed by atoms with Crippen LogP contribution in [0.15, 0.2) is 28.7 Å². The number of piperidine rings is 1. The van der Waals surface area contributed by atoms with Gasteiger partial charge in [-0.25, -0.2) is 0 Å². The molecular weight excluding hydrogens is 328 g/mol. The summed E-state index contributed by atoms with van der Waals surface area (Å²) < 4.78 is 6.93. The van der Waals surface area contributed by atoms with Gasteiger partial charge in [-0.2, -0.15) is 0 Å². The minimum absolute atomic E-state index is 0.665. The SMILES string of the molecule is CCCN(CCOc1ccc(Br)cc1)CC1CCCCN1. The summed E-state index contributed by atoms with van der Waals surface area (Å²) in [6.07, 6.45) is 5.21. The third-order valence-electron chi connectivity index (χ3n) is 3.92. The highest BCUT2D eigenvalue weighted by Gasteiger charge is 2.16. The van der Waals surface area contributed by atoms with Crippen LogP contribution < -0.4 is 10.1 Å². The molecular formula is C17H27BrN2O. The molecule has 0 bridgehead atoms. The van der Waals surface area contributed by atoms with Gasteiger partial charge in [-0.15, -0.1) is 0 Å². The van der Waals surface area contributed by atoms with Gasteiger partial charge in [-0.1, -0.05) is 29.3 Å². The van der Waals surface area contributed by atoms with Crippen molar-refractivity contribution < 1.29 is 4.74 Å². The van der Waals surface area contributed by atoms with Gasteiger partial charge >= 0.3 is 0 Å². The fourth-order valence-electron chi connectivity index (χ4n) is 2.83. The standard InChI is InChI=1S/C17H27BrN2O/c1-2-11-20(14-16-5-3-4-10-19-16)12-13-21-17-8-6-15(18)7-9-17/h6-9,16,19H,2-5,10-14H2,1H3. The predicted octanol–water partition coefficient (Wildman–Crippen LogP) is 3.68. The number of benzene rings is 1. The second-order valence-corrected chi connectivity index (χ2v) is 6.67. The second-order valence-electron chi connectivity index (χ2n) is 5.75. The van der Waals surface area contributed by atoms with E-state index in [1.54, 1.807) is 0 Å². The van der Waals surface area contributed by atoms with E-state index in [0.717, 1.165) is 36.5 Å². The molecule has 3 nitrogen and oxygen atoms in total. The lowest BCUT2D eigenvalue weighted by molar-refractivity contribution is 0.184. The van der Waals surface area contributed by atoms with Gasteiger partial charge in [0.05, 0.1) is 0 Å². The molecule has 4 heteroatoms. The van der Waals surface area contributed by atoms with Crippen LogP contribution in [0.1, 0.15) is 32.6 Å². The highest BCUT2D eigenvalue weighted by atomic mass is 79.9. The van der Waals surface area contributed by atoms with E-state index >= 15 is 0 Å². The van der Waals surface area contributed by atoms with Crippen LogP contribution in [-0.4, -0.2) is 43.7 Å². The van der Waals surface area contributed by atoms with Crippen LogP contribution in [-0.2, 0) is 0 Å². The molecule has 1 aliphatic heterocycles. The van der Waals surface area contributed by atoms with Crippen LogP contribution in [0.25, 0.3) is 0 Å². The van der Waals surface area contributed by atoms with E-state index in [1.165, 1.54) is 32.2 Å². The average molecular weight is 355 g/mol. The maximum absolute atomic E-state index is 5.84. The van der Waals surface area contributed by atoms with Gasteiger partial charge in [0, 0.05) is 23.6 Å². The first-order chi connectivity index (χ1) is 10.3. The molecule has 0 saturated carbocycles. The van der Waals surface area contributed by atoms with Crippen molar-refractivity contribution in [3.63, 3.8) is 0 Å². The molecule has 1 atom stereocenters. The Morgan fingerprint density at radius 1 is 1.24 bits per heavy atom. The first-order valence-electron chi connectivity index (χ1n) is 8.12. The third-order valence-corrected chi connectivity index (χ3v) is 4.45. The molecule has 0 amide bonds. The predicted molar refractivity (Wildman–Crippen MR) is 92.0 cm³/mol. The Labute approximate surface area is 137 Å². The Hall–Kier alpha value is -0.580. The van der Waals surface area contributed by atoms with Gasteiger partial charge in [-0.05, 0) is 56.6 Å². The first-order valence-corrected chi connectivity index (χ1v) is 8.91. The summed E-state index contributed by atoms with van der Waals surface area (Å²) in [5.74, 6) is 0.949. The summed E-state index contributed by atoms with van der Waals surface area (Å²) in [6.45, 7) is 7.49. The highest BCUT2D eigenvalue weighted by Crippen LogP contribution is 2.16. The summed E-state index contributed by atoms with van der Waals surface area (Å²) in [4.78, 5) is 2.53. The molecule has 21 heavy (non-hydrogen) atoms. The Morgan fingerprint density at radius 2 is 2.05 bits per heavy atom. The molecule has 1 aliphatic rings. The van der Waals surface area contributed by atoms with Crippen molar-refractivity contribution in [2.75, 3.05) is 32.8 Å². The van der Waals surface area contributed by atoms with Crippen LogP contribution in [0, 0.1) is 0 Å². The zero-order valence-corrected chi connectivity index (χ0v) is 14.6. The van der Waals surface area contributed by atoms with Gasteiger partial charge in [0.2, 0.25) is 0 Å². The van der Waals surface area contributed by atoms with Crippen LogP contribution in [0.5, 0.6) is 5.75 Å². The quantitative estimate of drug-likeness (QED) is 0.770.